The molecule has 6 nitrogen and oxygen atoms in total. The number of benzene rings is 1. The van der Waals surface area contributed by atoms with Gasteiger partial charge in [0, 0.05) is 38.9 Å². The van der Waals surface area contributed by atoms with Gasteiger partial charge in [0.15, 0.2) is 5.69 Å². The number of aliphatic hydroxyl groups is 1. The molecule has 1 amide bonds. The zero-order valence-corrected chi connectivity index (χ0v) is 13.4. The summed E-state index contributed by atoms with van der Waals surface area (Å²) < 4.78 is 0. The summed E-state index contributed by atoms with van der Waals surface area (Å²) in [7, 11) is 0. The average Bonchev–Trinajstić information content (AvgIpc) is 2.63. The van der Waals surface area contributed by atoms with Crippen LogP contribution in [0.5, 0.6) is 5.75 Å². The van der Waals surface area contributed by atoms with Gasteiger partial charge in [-0.15, -0.1) is 0 Å². The number of pyridine rings is 1. The van der Waals surface area contributed by atoms with Gasteiger partial charge in [0.1, 0.15) is 5.75 Å². The molecule has 1 aromatic carbocycles. The number of nitrogens with zero attached hydrogens (tertiary/aromatic N) is 3. The summed E-state index contributed by atoms with van der Waals surface area (Å²) in [6.45, 7) is 3.01. The first-order chi connectivity index (χ1) is 11.6. The van der Waals surface area contributed by atoms with E-state index in [-0.39, 0.29) is 17.4 Å². The predicted octanol–water partition coefficient (Wildman–Crippen LogP) is 1.28. The first-order valence-electron chi connectivity index (χ1n) is 8.04. The van der Waals surface area contributed by atoms with E-state index < -0.39 is 6.10 Å². The molecule has 1 aromatic heterocycles. The summed E-state index contributed by atoms with van der Waals surface area (Å²) in [5.74, 6) is -0.346. The third-order valence-electron chi connectivity index (χ3n) is 4.26. The van der Waals surface area contributed by atoms with Crippen LogP contribution in [-0.2, 0) is 0 Å². The summed E-state index contributed by atoms with van der Waals surface area (Å²) >= 11 is 0. The van der Waals surface area contributed by atoms with Crippen molar-refractivity contribution in [2.24, 2.45) is 0 Å². The Labute approximate surface area is 141 Å². The number of aromatic hydroxyl groups is 1. The Morgan fingerprint density at radius 3 is 2.46 bits per heavy atom. The monoisotopic (exact) mass is 327 g/mol. The highest BCUT2D eigenvalue weighted by Gasteiger charge is 2.25. The molecule has 126 valence electrons. The van der Waals surface area contributed by atoms with Gasteiger partial charge in [0.25, 0.3) is 5.91 Å². The molecule has 2 aromatic rings. The summed E-state index contributed by atoms with van der Waals surface area (Å²) in [6.07, 6.45) is 0.965. The highest BCUT2D eigenvalue weighted by molar-refractivity contribution is 5.94. The van der Waals surface area contributed by atoms with Gasteiger partial charge in [-0.1, -0.05) is 30.3 Å². The number of aliphatic hydroxyl groups excluding tert-OH is 1. The van der Waals surface area contributed by atoms with E-state index in [0.29, 0.717) is 32.7 Å². The van der Waals surface area contributed by atoms with Crippen LogP contribution in [0.15, 0.2) is 48.7 Å². The number of hydrogen-bond donors (Lipinski definition) is 2. The number of rotatable bonds is 4. The van der Waals surface area contributed by atoms with Crippen LogP contribution in [-0.4, -0.2) is 63.6 Å². The van der Waals surface area contributed by atoms with Gasteiger partial charge in [-0.25, -0.2) is 4.98 Å². The number of β-amino-alcohol motifs (C(OH)–C–C–N with tert-alkyl or cyclic N) is 1. The standard InChI is InChI=1S/C18H21N3O3/c22-15-7-4-8-19-17(15)18(24)21-11-9-20(10-12-21)13-16(23)14-5-2-1-3-6-14/h1-8,16,22-23H,9-13H2/t16-/m0/s1. The zero-order chi connectivity index (χ0) is 16.9. The molecule has 1 aliphatic heterocycles. The van der Waals surface area contributed by atoms with Crippen molar-refractivity contribution in [2.75, 3.05) is 32.7 Å². The molecule has 0 unspecified atom stereocenters. The number of amides is 1. The summed E-state index contributed by atoms with van der Waals surface area (Å²) in [5, 5.41) is 20.1. The van der Waals surface area contributed by atoms with Crippen LogP contribution in [0.1, 0.15) is 22.2 Å². The first-order valence-corrected chi connectivity index (χ1v) is 8.04. The van der Waals surface area contributed by atoms with Crippen molar-refractivity contribution in [2.45, 2.75) is 6.10 Å². The molecule has 1 fully saturated rings. The molecule has 1 atom stereocenters. The second-order valence-corrected chi connectivity index (χ2v) is 5.89. The molecule has 1 saturated heterocycles. The van der Waals surface area contributed by atoms with Crippen molar-refractivity contribution >= 4 is 5.91 Å². The van der Waals surface area contributed by atoms with E-state index in [1.54, 1.807) is 11.0 Å². The SMILES string of the molecule is O=C(c1ncccc1O)N1CCN(C[C@H](O)c2ccccc2)CC1. The summed E-state index contributed by atoms with van der Waals surface area (Å²) in [5.41, 5.74) is 0.990. The van der Waals surface area contributed by atoms with Crippen molar-refractivity contribution < 1.29 is 15.0 Å². The number of aromatic nitrogens is 1. The molecular formula is C18H21N3O3. The predicted molar refractivity (Wildman–Crippen MR) is 89.6 cm³/mol. The molecule has 2 heterocycles. The average molecular weight is 327 g/mol. The van der Waals surface area contributed by atoms with E-state index in [4.69, 9.17) is 0 Å². The van der Waals surface area contributed by atoms with E-state index in [1.165, 1.54) is 12.3 Å². The summed E-state index contributed by atoms with van der Waals surface area (Å²) in [4.78, 5) is 20.2. The normalized spacial score (nSPS) is 16.8. The lowest BCUT2D eigenvalue weighted by atomic mass is 10.1. The maximum atomic E-state index is 12.4. The molecule has 2 N–H and O–H groups in total. The number of hydrogen-bond acceptors (Lipinski definition) is 5. The minimum Gasteiger partial charge on any atom is -0.505 e. The molecule has 24 heavy (non-hydrogen) atoms. The largest absolute Gasteiger partial charge is 0.505 e. The molecule has 6 heteroatoms. The highest BCUT2D eigenvalue weighted by atomic mass is 16.3. The van der Waals surface area contributed by atoms with E-state index in [9.17, 15) is 15.0 Å². The van der Waals surface area contributed by atoms with Gasteiger partial charge in [-0.2, -0.15) is 0 Å². The summed E-state index contributed by atoms with van der Waals surface area (Å²) in [6, 6.07) is 12.6. The molecule has 0 radical (unpaired) electrons. The maximum absolute atomic E-state index is 12.4. The van der Waals surface area contributed by atoms with Gasteiger partial charge >= 0.3 is 0 Å². The lowest BCUT2D eigenvalue weighted by Crippen LogP contribution is -2.49. The van der Waals surface area contributed by atoms with Crippen LogP contribution in [0.2, 0.25) is 0 Å². The molecule has 0 bridgehead atoms. The van der Waals surface area contributed by atoms with Crippen LogP contribution >= 0.6 is 0 Å². The van der Waals surface area contributed by atoms with E-state index in [1.807, 2.05) is 30.3 Å². The number of carbonyl (C=O) groups excluding carboxylic acids is 1. The van der Waals surface area contributed by atoms with Crippen LogP contribution in [0.4, 0.5) is 0 Å². The number of carbonyl (C=O) groups is 1. The topological polar surface area (TPSA) is 76.9 Å². The van der Waals surface area contributed by atoms with E-state index in [0.717, 1.165) is 5.56 Å². The molecule has 0 saturated carbocycles. The lowest BCUT2D eigenvalue weighted by molar-refractivity contribution is 0.0520. The van der Waals surface area contributed by atoms with Crippen molar-refractivity contribution in [3.8, 4) is 5.75 Å². The van der Waals surface area contributed by atoms with Crippen molar-refractivity contribution in [3.05, 3.63) is 59.9 Å². The Hall–Kier alpha value is -2.44. The Bertz CT molecular complexity index is 685. The van der Waals surface area contributed by atoms with Crippen LogP contribution < -0.4 is 0 Å². The Kier molecular flexibility index (Phi) is 5.08. The fraction of sp³-hybridized carbons (Fsp3) is 0.333. The second-order valence-electron chi connectivity index (χ2n) is 5.89. The van der Waals surface area contributed by atoms with Gasteiger partial charge < -0.3 is 15.1 Å². The minimum absolute atomic E-state index is 0.0928. The van der Waals surface area contributed by atoms with E-state index >= 15 is 0 Å². The first kappa shape index (κ1) is 16.4. The van der Waals surface area contributed by atoms with Crippen molar-refractivity contribution in [3.63, 3.8) is 0 Å². The van der Waals surface area contributed by atoms with Crippen LogP contribution in [0.25, 0.3) is 0 Å². The van der Waals surface area contributed by atoms with Crippen LogP contribution in [0.3, 0.4) is 0 Å². The molecule has 0 aliphatic carbocycles. The molecule has 0 spiro atoms. The van der Waals surface area contributed by atoms with Crippen molar-refractivity contribution in [1.82, 2.24) is 14.8 Å². The molecule has 3 rings (SSSR count). The fourth-order valence-corrected chi connectivity index (χ4v) is 2.87. The third-order valence-corrected chi connectivity index (χ3v) is 4.26. The van der Waals surface area contributed by atoms with E-state index in [2.05, 4.69) is 9.88 Å². The second kappa shape index (κ2) is 7.42. The fourth-order valence-electron chi connectivity index (χ4n) is 2.87. The zero-order valence-electron chi connectivity index (χ0n) is 13.4. The number of piperazine rings is 1. The van der Waals surface area contributed by atoms with Crippen LogP contribution in [0, 0.1) is 0 Å². The van der Waals surface area contributed by atoms with Crippen molar-refractivity contribution in [1.29, 1.82) is 0 Å². The quantitative estimate of drug-likeness (QED) is 0.885. The Balaban J connectivity index is 1.54. The smallest absolute Gasteiger partial charge is 0.276 e. The molecular weight excluding hydrogens is 306 g/mol. The van der Waals surface area contributed by atoms with Gasteiger partial charge in [-0.05, 0) is 17.7 Å². The van der Waals surface area contributed by atoms with Gasteiger partial charge in [0.05, 0.1) is 6.10 Å². The Morgan fingerprint density at radius 1 is 1.08 bits per heavy atom. The lowest BCUT2D eigenvalue weighted by Gasteiger charge is -2.35. The highest BCUT2D eigenvalue weighted by Crippen LogP contribution is 2.18. The minimum atomic E-state index is -0.534. The Morgan fingerprint density at radius 2 is 1.79 bits per heavy atom. The third kappa shape index (κ3) is 3.72. The van der Waals surface area contributed by atoms with Gasteiger partial charge in [-0.3, -0.25) is 9.69 Å². The van der Waals surface area contributed by atoms with Gasteiger partial charge in [0.2, 0.25) is 0 Å². The molecule has 1 aliphatic rings. The maximum Gasteiger partial charge on any atom is 0.276 e.